The third-order valence-corrected chi connectivity index (χ3v) is 5.15. The van der Waals surface area contributed by atoms with Gasteiger partial charge in [-0.05, 0) is 24.1 Å². The van der Waals surface area contributed by atoms with E-state index in [0.717, 1.165) is 16.2 Å². The Bertz CT molecular complexity index is 1030. The Hall–Kier alpha value is -3.44. The Kier molecular flexibility index (Phi) is 5.38. The van der Waals surface area contributed by atoms with Gasteiger partial charge in [-0.1, -0.05) is 11.3 Å². The number of nitrogens with zero attached hydrogens (tertiary/aromatic N) is 4. The minimum absolute atomic E-state index is 0.0948. The van der Waals surface area contributed by atoms with Crippen molar-refractivity contribution in [1.82, 2.24) is 30.5 Å². The summed E-state index contributed by atoms with van der Waals surface area (Å²) in [6.07, 6.45) is 2.02. The molecule has 4 rings (SSSR count). The molecular weight excluding hydrogens is 390 g/mol. The molecule has 2 aromatic rings. The highest BCUT2D eigenvalue weighted by molar-refractivity contribution is 6.23. The average Bonchev–Trinajstić information content (AvgIpc) is 3.29. The number of amides is 4. The number of carbonyl (C=O) groups excluding carboxylic acids is 4. The predicted molar refractivity (Wildman–Crippen MR) is 103 cm³/mol. The van der Waals surface area contributed by atoms with Crippen LogP contribution in [0, 0.1) is 0 Å². The van der Waals surface area contributed by atoms with E-state index >= 15 is 0 Å². The quantitative estimate of drug-likeness (QED) is 0.385. The summed E-state index contributed by atoms with van der Waals surface area (Å²) < 4.78 is 1.69. The normalized spacial score (nSPS) is 18.7. The molecule has 1 atom stereocenters. The second-order valence-electron chi connectivity index (χ2n) is 7.18. The van der Waals surface area contributed by atoms with Gasteiger partial charge in [0, 0.05) is 32.3 Å². The molecule has 1 saturated heterocycles. The highest BCUT2D eigenvalue weighted by atomic mass is 16.2. The van der Waals surface area contributed by atoms with Gasteiger partial charge in [0.2, 0.25) is 11.8 Å². The number of nitrogens with one attached hydrogen (secondary N) is 2. The molecule has 11 nitrogen and oxygen atoms in total. The van der Waals surface area contributed by atoms with Gasteiger partial charge in [-0.15, -0.1) is 5.10 Å². The summed E-state index contributed by atoms with van der Waals surface area (Å²) in [5.41, 5.74) is 7.60. The van der Waals surface area contributed by atoms with Crippen molar-refractivity contribution in [1.29, 1.82) is 0 Å². The lowest BCUT2D eigenvalue weighted by Gasteiger charge is -2.27. The van der Waals surface area contributed by atoms with Crippen molar-refractivity contribution < 1.29 is 19.2 Å². The van der Waals surface area contributed by atoms with Crippen LogP contribution in [0.15, 0.2) is 24.4 Å². The van der Waals surface area contributed by atoms with Crippen molar-refractivity contribution in [2.75, 3.05) is 6.54 Å². The van der Waals surface area contributed by atoms with E-state index in [1.54, 1.807) is 29.1 Å². The Morgan fingerprint density at radius 1 is 1.17 bits per heavy atom. The molecule has 30 heavy (non-hydrogen) atoms. The van der Waals surface area contributed by atoms with Gasteiger partial charge in [0.05, 0.1) is 23.4 Å². The summed E-state index contributed by atoms with van der Waals surface area (Å²) in [6.45, 7) is 2.06. The number of benzene rings is 1. The Balaban J connectivity index is 1.39. The van der Waals surface area contributed by atoms with Crippen LogP contribution in [0.4, 0.5) is 0 Å². The molecule has 1 aromatic heterocycles. The van der Waals surface area contributed by atoms with Crippen molar-refractivity contribution in [2.24, 2.45) is 5.73 Å². The zero-order valence-electron chi connectivity index (χ0n) is 16.1. The lowest BCUT2D eigenvalue weighted by molar-refractivity contribution is -0.136. The largest absolute Gasteiger partial charge is 0.325 e. The van der Waals surface area contributed by atoms with Crippen molar-refractivity contribution >= 4 is 23.6 Å². The number of hydrogen-bond acceptors (Lipinski definition) is 8. The van der Waals surface area contributed by atoms with Crippen LogP contribution in [0.25, 0.3) is 0 Å². The van der Waals surface area contributed by atoms with Crippen molar-refractivity contribution in [3.05, 3.63) is 46.8 Å². The maximum Gasteiger partial charge on any atom is 0.262 e. The summed E-state index contributed by atoms with van der Waals surface area (Å²) >= 11 is 0. The zero-order valence-corrected chi connectivity index (χ0v) is 16.1. The molecule has 0 saturated carbocycles. The van der Waals surface area contributed by atoms with E-state index in [1.807, 2.05) is 0 Å². The summed E-state index contributed by atoms with van der Waals surface area (Å²) in [5, 5.41) is 13.3. The maximum absolute atomic E-state index is 12.8. The van der Waals surface area contributed by atoms with Crippen LogP contribution in [0.3, 0.4) is 0 Å². The highest BCUT2D eigenvalue weighted by Gasteiger charge is 2.44. The fraction of sp³-hybridized carbons (Fsp3) is 0.368. The molecule has 2 aliphatic rings. The number of imide groups is 2. The zero-order chi connectivity index (χ0) is 21.3. The molecule has 11 heteroatoms. The molecule has 4 amide bonds. The Morgan fingerprint density at radius 2 is 1.97 bits per heavy atom. The topological polar surface area (TPSA) is 152 Å². The van der Waals surface area contributed by atoms with E-state index in [0.29, 0.717) is 26.2 Å². The average molecular weight is 411 g/mol. The second kappa shape index (κ2) is 8.13. The minimum Gasteiger partial charge on any atom is -0.325 e. The van der Waals surface area contributed by atoms with E-state index in [1.165, 1.54) is 0 Å². The molecule has 1 fully saturated rings. The van der Waals surface area contributed by atoms with Crippen molar-refractivity contribution in [3.63, 3.8) is 0 Å². The van der Waals surface area contributed by atoms with Crippen LogP contribution >= 0.6 is 0 Å². The second-order valence-corrected chi connectivity index (χ2v) is 7.18. The van der Waals surface area contributed by atoms with E-state index < -0.39 is 29.7 Å². The monoisotopic (exact) mass is 411 g/mol. The van der Waals surface area contributed by atoms with Gasteiger partial charge < -0.3 is 11.1 Å². The fourth-order valence-corrected chi connectivity index (χ4v) is 3.60. The third kappa shape index (κ3) is 3.72. The number of fused-ring (bicyclic) bond motifs is 1. The molecule has 0 bridgehead atoms. The molecule has 1 unspecified atom stereocenters. The van der Waals surface area contributed by atoms with Crippen LogP contribution in [-0.4, -0.2) is 56.1 Å². The molecule has 0 radical (unpaired) electrons. The van der Waals surface area contributed by atoms with Gasteiger partial charge in [0.15, 0.2) is 0 Å². The van der Waals surface area contributed by atoms with Crippen LogP contribution in [0.2, 0.25) is 0 Å². The maximum atomic E-state index is 12.8. The van der Waals surface area contributed by atoms with E-state index in [9.17, 15) is 19.2 Å². The summed E-state index contributed by atoms with van der Waals surface area (Å²) in [7, 11) is 0. The van der Waals surface area contributed by atoms with Gasteiger partial charge >= 0.3 is 0 Å². The lowest BCUT2D eigenvalue weighted by atomic mass is 10.0. The van der Waals surface area contributed by atoms with Crippen LogP contribution in [0.1, 0.15) is 44.8 Å². The van der Waals surface area contributed by atoms with Gasteiger partial charge in [-0.25, -0.2) is 0 Å². The summed E-state index contributed by atoms with van der Waals surface area (Å²) in [4.78, 5) is 49.9. The number of carbonyl (C=O) groups is 4. The number of aromatic nitrogens is 3. The van der Waals surface area contributed by atoms with E-state index in [4.69, 9.17) is 5.73 Å². The molecule has 156 valence electrons. The molecule has 0 aliphatic carbocycles. The molecule has 1 aromatic carbocycles. The third-order valence-electron chi connectivity index (χ3n) is 5.15. The van der Waals surface area contributed by atoms with Crippen molar-refractivity contribution in [3.8, 4) is 0 Å². The van der Waals surface area contributed by atoms with Gasteiger partial charge in [-0.3, -0.25) is 34.1 Å². The molecule has 4 N–H and O–H groups in total. The van der Waals surface area contributed by atoms with Crippen molar-refractivity contribution in [2.45, 2.75) is 38.5 Å². The first kappa shape index (κ1) is 19.9. The van der Waals surface area contributed by atoms with E-state index in [-0.39, 0.29) is 24.0 Å². The number of piperidine rings is 1. The molecule has 3 heterocycles. The number of hydrogen-bond donors (Lipinski definition) is 3. The smallest absolute Gasteiger partial charge is 0.262 e. The number of nitrogens with two attached hydrogens (primary N) is 1. The van der Waals surface area contributed by atoms with Gasteiger partial charge in [-0.2, -0.15) is 0 Å². The van der Waals surface area contributed by atoms with Crippen LogP contribution in [0.5, 0.6) is 0 Å². The van der Waals surface area contributed by atoms with Gasteiger partial charge in [0.1, 0.15) is 6.04 Å². The van der Waals surface area contributed by atoms with Gasteiger partial charge in [0.25, 0.3) is 11.8 Å². The fourth-order valence-electron chi connectivity index (χ4n) is 3.60. The SMILES string of the molecule is NCc1cn(CCNCc2ccc3c(c2)C(=O)N(C2CCC(=O)NC2=O)C3=O)nn1. The Morgan fingerprint density at radius 3 is 2.70 bits per heavy atom. The molecule has 0 spiro atoms. The standard InChI is InChI=1S/C19H21N7O4/c20-8-12-10-25(24-23-12)6-5-21-9-11-1-2-13-14(7-11)19(30)26(18(13)29)15-3-4-16(27)22-17(15)28/h1-2,7,10,15,21H,3-6,8-9,20H2,(H,22,27,28). The first-order valence-electron chi connectivity index (χ1n) is 9.62. The molecule has 2 aliphatic heterocycles. The minimum atomic E-state index is -0.960. The Labute approximate surface area is 171 Å². The highest BCUT2D eigenvalue weighted by Crippen LogP contribution is 2.28. The van der Waals surface area contributed by atoms with Crippen LogP contribution < -0.4 is 16.4 Å². The first-order chi connectivity index (χ1) is 14.5. The molecular formula is C19H21N7O4. The summed E-state index contributed by atoms with van der Waals surface area (Å²) in [6, 6.07) is 4.07. The first-order valence-corrected chi connectivity index (χ1v) is 9.62. The number of rotatable bonds is 7. The summed E-state index contributed by atoms with van der Waals surface area (Å²) in [5.74, 6) is -2.03. The van der Waals surface area contributed by atoms with Crippen LogP contribution in [-0.2, 0) is 29.2 Å². The van der Waals surface area contributed by atoms with E-state index in [2.05, 4.69) is 20.9 Å². The lowest BCUT2D eigenvalue weighted by Crippen LogP contribution is -2.54. The predicted octanol–water partition coefficient (Wildman–Crippen LogP) is -1.07.